The minimum atomic E-state index is -0.0720. The molecular formula is C13H19N3OS. The second-order valence-electron chi connectivity index (χ2n) is 4.62. The van der Waals surface area contributed by atoms with Crippen LogP contribution in [0.3, 0.4) is 0 Å². The van der Waals surface area contributed by atoms with Crippen molar-refractivity contribution in [1.29, 1.82) is 0 Å². The van der Waals surface area contributed by atoms with E-state index in [-0.39, 0.29) is 5.91 Å². The van der Waals surface area contributed by atoms with Gasteiger partial charge in [0, 0.05) is 31.2 Å². The van der Waals surface area contributed by atoms with Gasteiger partial charge in [-0.15, -0.1) is 11.3 Å². The largest absolute Gasteiger partial charge is 0.303 e. The molecule has 2 rings (SSSR count). The minimum Gasteiger partial charge on any atom is -0.303 e. The third kappa shape index (κ3) is 3.34. The van der Waals surface area contributed by atoms with E-state index in [9.17, 15) is 4.79 Å². The van der Waals surface area contributed by atoms with Gasteiger partial charge in [-0.25, -0.2) is 0 Å². The molecule has 98 valence electrons. The first kappa shape index (κ1) is 13.1. The quantitative estimate of drug-likeness (QED) is 0.818. The molecule has 0 saturated carbocycles. The number of hydrogen-bond donors (Lipinski definition) is 2. The van der Waals surface area contributed by atoms with Crippen LogP contribution in [0.25, 0.3) is 0 Å². The molecule has 18 heavy (non-hydrogen) atoms. The van der Waals surface area contributed by atoms with Crippen LogP contribution in [-0.4, -0.2) is 29.9 Å². The van der Waals surface area contributed by atoms with Crippen LogP contribution in [0, 0.1) is 0 Å². The number of carbonyl (C=O) groups excluding carboxylic acids is 1. The van der Waals surface area contributed by atoms with Gasteiger partial charge < -0.3 is 5.43 Å². The highest BCUT2D eigenvalue weighted by Gasteiger charge is 2.14. The van der Waals surface area contributed by atoms with Gasteiger partial charge >= 0.3 is 0 Å². The molecule has 1 aromatic heterocycles. The molecule has 1 amide bonds. The third-order valence-corrected chi connectivity index (χ3v) is 3.92. The molecule has 0 atom stereocenters. The minimum absolute atomic E-state index is 0.0720. The second kappa shape index (κ2) is 6.02. The van der Waals surface area contributed by atoms with E-state index >= 15 is 0 Å². The van der Waals surface area contributed by atoms with Crippen LogP contribution in [0.4, 0.5) is 0 Å². The van der Waals surface area contributed by atoms with Crippen LogP contribution in [0.2, 0.25) is 0 Å². The first-order valence-corrected chi connectivity index (χ1v) is 7.07. The van der Waals surface area contributed by atoms with Gasteiger partial charge in [0.1, 0.15) is 0 Å². The monoisotopic (exact) mass is 265 g/mol. The van der Waals surface area contributed by atoms with Crippen LogP contribution in [0.1, 0.15) is 29.9 Å². The number of nitrogens with one attached hydrogen (secondary N) is 2. The van der Waals surface area contributed by atoms with Crippen molar-refractivity contribution < 1.29 is 4.79 Å². The molecule has 1 aromatic rings. The van der Waals surface area contributed by atoms with E-state index in [4.69, 9.17) is 0 Å². The summed E-state index contributed by atoms with van der Waals surface area (Å²) < 4.78 is 0. The van der Waals surface area contributed by atoms with Gasteiger partial charge in [0.2, 0.25) is 0 Å². The molecule has 2 heterocycles. The van der Waals surface area contributed by atoms with Crippen molar-refractivity contribution in [2.75, 3.05) is 13.1 Å². The zero-order chi connectivity index (χ0) is 13.0. The van der Waals surface area contributed by atoms with E-state index < -0.39 is 0 Å². The molecular weight excluding hydrogens is 246 g/mol. The topological polar surface area (TPSA) is 44.4 Å². The summed E-state index contributed by atoms with van der Waals surface area (Å²) in [5.74, 6) is -0.0720. The summed E-state index contributed by atoms with van der Waals surface area (Å²) in [5, 5.41) is 1.90. The fraction of sp³-hybridized carbons (Fsp3) is 0.462. The van der Waals surface area contributed by atoms with Crippen molar-refractivity contribution in [3.05, 3.63) is 34.2 Å². The fourth-order valence-electron chi connectivity index (χ4n) is 1.87. The Kier molecular flexibility index (Phi) is 4.38. The number of hydrogen-bond acceptors (Lipinski definition) is 4. The maximum Gasteiger partial charge on any atom is 0.279 e. The molecule has 1 aliphatic heterocycles. The average molecular weight is 265 g/mol. The molecule has 0 fully saturated rings. The molecule has 0 aromatic carbocycles. The summed E-state index contributed by atoms with van der Waals surface area (Å²) in [6.07, 6.45) is 3.08. The lowest BCUT2D eigenvalue weighted by molar-refractivity contribution is 0.0941. The van der Waals surface area contributed by atoms with Gasteiger partial charge in [0.05, 0.1) is 4.88 Å². The molecule has 1 aliphatic rings. The van der Waals surface area contributed by atoms with Crippen molar-refractivity contribution in [1.82, 2.24) is 15.8 Å². The number of rotatable bonds is 4. The first-order valence-electron chi connectivity index (χ1n) is 6.20. The summed E-state index contributed by atoms with van der Waals surface area (Å²) in [4.78, 5) is 14.8. The van der Waals surface area contributed by atoms with Crippen LogP contribution < -0.4 is 10.9 Å². The Morgan fingerprint density at radius 3 is 2.89 bits per heavy atom. The maximum absolute atomic E-state index is 11.7. The lowest BCUT2D eigenvalue weighted by Gasteiger charge is -2.29. The van der Waals surface area contributed by atoms with E-state index in [1.807, 2.05) is 17.5 Å². The molecule has 5 heteroatoms. The van der Waals surface area contributed by atoms with Crippen LogP contribution in [0.15, 0.2) is 29.3 Å². The highest BCUT2D eigenvalue weighted by atomic mass is 32.1. The number of hydrazine groups is 1. The van der Waals surface area contributed by atoms with Crippen LogP contribution in [-0.2, 0) is 0 Å². The van der Waals surface area contributed by atoms with Crippen molar-refractivity contribution >= 4 is 17.2 Å². The Bertz CT molecular complexity index is 425. The van der Waals surface area contributed by atoms with E-state index in [2.05, 4.69) is 35.7 Å². The Balaban J connectivity index is 1.80. The highest BCUT2D eigenvalue weighted by Crippen LogP contribution is 2.11. The van der Waals surface area contributed by atoms with Gasteiger partial charge in [0.25, 0.3) is 5.91 Å². The van der Waals surface area contributed by atoms with E-state index in [1.54, 1.807) is 0 Å². The Morgan fingerprint density at radius 2 is 2.33 bits per heavy atom. The summed E-state index contributed by atoms with van der Waals surface area (Å²) >= 11 is 1.44. The zero-order valence-corrected chi connectivity index (χ0v) is 11.6. The molecule has 0 unspecified atom stereocenters. The van der Waals surface area contributed by atoms with Crippen molar-refractivity contribution in [3.8, 4) is 0 Å². The third-order valence-electron chi connectivity index (χ3n) is 3.05. The predicted octanol–water partition coefficient (Wildman–Crippen LogP) is 1.98. The summed E-state index contributed by atoms with van der Waals surface area (Å²) in [5.41, 5.74) is 6.84. The maximum atomic E-state index is 11.7. The van der Waals surface area contributed by atoms with E-state index in [0.29, 0.717) is 6.04 Å². The van der Waals surface area contributed by atoms with Crippen molar-refractivity contribution in [2.45, 2.75) is 26.3 Å². The smallest absolute Gasteiger partial charge is 0.279 e. The Hall–Kier alpha value is -1.33. The van der Waals surface area contributed by atoms with Crippen LogP contribution >= 0.6 is 11.3 Å². The Morgan fingerprint density at radius 1 is 1.50 bits per heavy atom. The Labute approximate surface area is 112 Å². The fourth-order valence-corrected chi connectivity index (χ4v) is 2.49. The predicted molar refractivity (Wildman–Crippen MR) is 74.3 cm³/mol. The van der Waals surface area contributed by atoms with Gasteiger partial charge in [-0.05, 0) is 31.4 Å². The van der Waals surface area contributed by atoms with Crippen molar-refractivity contribution in [2.24, 2.45) is 0 Å². The molecule has 0 saturated heterocycles. The SMILES string of the molecule is CC(C)N1CC=C(NNC(=O)c2cccs2)CC1. The van der Waals surface area contributed by atoms with Gasteiger partial charge in [-0.1, -0.05) is 6.07 Å². The second-order valence-corrected chi connectivity index (χ2v) is 5.57. The lowest BCUT2D eigenvalue weighted by Crippen LogP contribution is -2.41. The molecule has 0 radical (unpaired) electrons. The van der Waals surface area contributed by atoms with Crippen LogP contribution in [0.5, 0.6) is 0 Å². The highest BCUT2D eigenvalue weighted by molar-refractivity contribution is 7.12. The van der Waals surface area contributed by atoms with Gasteiger partial charge in [-0.3, -0.25) is 15.1 Å². The number of carbonyl (C=O) groups is 1. The molecule has 0 bridgehead atoms. The number of amides is 1. The molecule has 4 nitrogen and oxygen atoms in total. The lowest BCUT2D eigenvalue weighted by atomic mass is 10.2. The zero-order valence-electron chi connectivity index (χ0n) is 10.8. The normalized spacial score (nSPS) is 16.5. The molecule has 0 aliphatic carbocycles. The summed E-state index contributed by atoms with van der Waals surface area (Å²) in [6, 6.07) is 4.26. The molecule has 2 N–H and O–H groups in total. The standard InChI is InChI=1S/C13H19N3OS/c1-10(2)16-7-5-11(6-8-16)14-15-13(17)12-4-3-9-18-12/h3-5,9-10,14H,6-8H2,1-2H3,(H,15,17). The van der Waals surface area contributed by atoms with Gasteiger partial charge in [0.15, 0.2) is 0 Å². The number of nitrogens with zero attached hydrogens (tertiary/aromatic N) is 1. The molecule has 0 spiro atoms. The number of thiophene rings is 1. The summed E-state index contributed by atoms with van der Waals surface area (Å²) in [7, 11) is 0. The first-order chi connectivity index (χ1) is 8.66. The van der Waals surface area contributed by atoms with Crippen molar-refractivity contribution in [3.63, 3.8) is 0 Å². The van der Waals surface area contributed by atoms with E-state index in [1.165, 1.54) is 11.3 Å². The van der Waals surface area contributed by atoms with E-state index in [0.717, 1.165) is 30.1 Å². The average Bonchev–Trinajstić information content (AvgIpc) is 2.90. The van der Waals surface area contributed by atoms with Gasteiger partial charge in [-0.2, -0.15) is 0 Å². The summed E-state index contributed by atoms with van der Waals surface area (Å²) in [6.45, 7) is 6.37.